The first kappa shape index (κ1) is 12.0. The normalized spacial score (nSPS) is 23.3. The van der Waals surface area contributed by atoms with Crippen molar-refractivity contribution in [2.45, 2.75) is 52.5 Å². The lowest BCUT2D eigenvalue weighted by Crippen LogP contribution is -2.48. The summed E-state index contributed by atoms with van der Waals surface area (Å²) in [7, 11) is 0. The second kappa shape index (κ2) is 3.84. The number of likely N-dealkylation sites (tertiary alicyclic amines) is 1. The van der Waals surface area contributed by atoms with Crippen LogP contribution in [-0.2, 0) is 4.79 Å². The number of carbonyl (C=O) groups is 1. The van der Waals surface area contributed by atoms with E-state index in [-0.39, 0.29) is 11.4 Å². The summed E-state index contributed by atoms with van der Waals surface area (Å²) in [4.78, 5) is 14.1. The van der Waals surface area contributed by atoms with Crippen LogP contribution >= 0.6 is 0 Å². The number of nitriles is 1. The number of nitrogens with zero attached hydrogens (tertiary/aromatic N) is 2. The van der Waals surface area contributed by atoms with Crippen molar-refractivity contribution < 1.29 is 4.79 Å². The van der Waals surface area contributed by atoms with E-state index in [1.54, 1.807) is 6.92 Å². The minimum Gasteiger partial charge on any atom is -0.336 e. The minimum atomic E-state index is -0.846. The molecule has 3 nitrogen and oxygen atoms in total. The molecule has 1 unspecified atom stereocenters. The molecule has 0 aliphatic carbocycles. The van der Waals surface area contributed by atoms with Crippen LogP contribution in [0.3, 0.4) is 0 Å². The Bertz CT molecular complexity index is 303. The van der Waals surface area contributed by atoms with Crippen molar-refractivity contribution in [3.63, 3.8) is 0 Å². The Morgan fingerprint density at radius 2 is 2.20 bits per heavy atom. The average Bonchev–Trinajstić information content (AvgIpc) is 2.55. The molecule has 0 saturated carbocycles. The fourth-order valence-corrected chi connectivity index (χ4v) is 2.06. The van der Waals surface area contributed by atoms with Gasteiger partial charge in [-0.05, 0) is 40.0 Å². The summed E-state index contributed by atoms with van der Waals surface area (Å²) in [5.74, 6) is -0.00463. The third-order valence-corrected chi connectivity index (χ3v) is 3.57. The highest BCUT2D eigenvalue weighted by Gasteiger charge is 2.43. The summed E-state index contributed by atoms with van der Waals surface area (Å²) < 4.78 is 0. The summed E-state index contributed by atoms with van der Waals surface area (Å²) in [6.07, 6.45) is 2.66. The monoisotopic (exact) mass is 208 g/mol. The molecular formula is C12H20N2O. The Kier molecular flexibility index (Phi) is 3.08. The number of hydrogen-bond acceptors (Lipinski definition) is 2. The van der Waals surface area contributed by atoms with Gasteiger partial charge in [0, 0.05) is 12.1 Å². The Morgan fingerprint density at radius 1 is 1.60 bits per heavy atom. The van der Waals surface area contributed by atoms with E-state index in [0.717, 1.165) is 19.4 Å². The quantitative estimate of drug-likeness (QED) is 0.699. The summed E-state index contributed by atoms with van der Waals surface area (Å²) >= 11 is 0. The van der Waals surface area contributed by atoms with E-state index < -0.39 is 5.41 Å². The van der Waals surface area contributed by atoms with Crippen LogP contribution in [-0.4, -0.2) is 22.9 Å². The zero-order chi connectivity index (χ0) is 11.7. The zero-order valence-electron chi connectivity index (χ0n) is 10.1. The van der Waals surface area contributed by atoms with E-state index in [2.05, 4.69) is 19.9 Å². The molecule has 1 heterocycles. The van der Waals surface area contributed by atoms with E-state index in [4.69, 9.17) is 5.26 Å². The molecule has 1 amide bonds. The van der Waals surface area contributed by atoms with Crippen LogP contribution in [0.2, 0.25) is 0 Å². The second-order valence-corrected chi connectivity index (χ2v) is 5.17. The highest BCUT2D eigenvalue weighted by molar-refractivity contribution is 5.85. The van der Waals surface area contributed by atoms with Crippen molar-refractivity contribution in [3.05, 3.63) is 0 Å². The minimum absolute atomic E-state index is 0.00463. The molecule has 0 spiro atoms. The molecule has 0 aromatic carbocycles. The van der Waals surface area contributed by atoms with Gasteiger partial charge >= 0.3 is 0 Å². The van der Waals surface area contributed by atoms with Gasteiger partial charge in [0.25, 0.3) is 0 Å². The van der Waals surface area contributed by atoms with Crippen LogP contribution in [0.5, 0.6) is 0 Å². The van der Waals surface area contributed by atoms with Crippen molar-refractivity contribution in [1.82, 2.24) is 4.90 Å². The van der Waals surface area contributed by atoms with Gasteiger partial charge in [-0.15, -0.1) is 0 Å². The highest BCUT2D eigenvalue weighted by atomic mass is 16.2. The molecule has 84 valence electrons. The predicted octanol–water partition coefficient (Wildman–Crippen LogP) is 2.33. The van der Waals surface area contributed by atoms with Crippen LogP contribution in [0, 0.1) is 16.7 Å². The number of carbonyl (C=O) groups excluding carboxylic acids is 1. The topological polar surface area (TPSA) is 44.1 Å². The van der Waals surface area contributed by atoms with E-state index in [1.165, 1.54) is 0 Å². The summed E-state index contributed by atoms with van der Waals surface area (Å²) in [5, 5.41) is 9.09. The second-order valence-electron chi connectivity index (χ2n) is 5.17. The van der Waals surface area contributed by atoms with Gasteiger partial charge in [-0.1, -0.05) is 6.92 Å². The number of hydrogen-bond donors (Lipinski definition) is 0. The molecule has 1 aliphatic rings. The maximum atomic E-state index is 12.2. The Balaban J connectivity index is 2.91. The molecule has 0 bridgehead atoms. The Morgan fingerprint density at radius 3 is 2.53 bits per heavy atom. The molecule has 0 aromatic heterocycles. The average molecular weight is 208 g/mol. The predicted molar refractivity (Wildman–Crippen MR) is 59.0 cm³/mol. The third kappa shape index (κ3) is 1.99. The fraction of sp³-hybridized carbons (Fsp3) is 0.833. The first-order valence-corrected chi connectivity index (χ1v) is 5.61. The molecule has 1 aliphatic heterocycles. The standard InChI is InChI=1S/C12H20N2O/c1-5-12(4,9-13)10(15)14-8-6-7-11(14,2)3/h5-8H2,1-4H3. The summed E-state index contributed by atoms with van der Waals surface area (Å²) in [5.41, 5.74) is -0.925. The smallest absolute Gasteiger partial charge is 0.243 e. The van der Waals surface area contributed by atoms with Crippen molar-refractivity contribution in [2.24, 2.45) is 5.41 Å². The van der Waals surface area contributed by atoms with Crippen molar-refractivity contribution in [1.29, 1.82) is 5.26 Å². The molecule has 1 fully saturated rings. The van der Waals surface area contributed by atoms with Gasteiger partial charge in [0.1, 0.15) is 5.41 Å². The lowest BCUT2D eigenvalue weighted by Gasteiger charge is -2.36. The van der Waals surface area contributed by atoms with Gasteiger partial charge in [-0.25, -0.2) is 0 Å². The van der Waals surface area contributed by atoms with E-state index in [9.17, 15) is 4.79 Å². The molecule has 0 N–H and O–H groups in total. The molecule has 1 saturated heterocycles. The van der Waals surface area contributed by atoms with E-state index in [0.29, 0.717) is 6.42 Å². The van der Waals surface area contributed by atoms with Crippen LogP contribution in [0.4, 0.5) is 0 Å². The van der Waals surface area contributed by atoms with Crippen molar-refractivity contribution >= 4 is 5.91 Å². The van der Waals surface area contributed by atoms with Gasteiger partial charge < -0.3 is 4.90 Å². The van der Waals surface area contributed by atoms with Crippen LogP contribution < -0.4 is 0 Å². The maximum Gasteiger partial charge on any atom is 0.243 e. The molecule has 3 heteroatoms. The first-order valence-electron chi connectivity index (χ1n) is 5.61. The molecule has 0 aromatic rings. The van der Waals surface area contributed by atoms with Crippen molar-refractivity contribution in [2.75, 3.05) is 6.54 Å². The first-order chi connectivity index (χ1) is 6.87. The molecule has 0 radical (unpaired) electrons. The fourth-order valence-electron chi connectivity index (χ4n) is 2.06. The lowest BCUT2D eigenvalue weighted by molar-refractivity contribution is -0.141. The molecule has 1 atom stereocenters. The molecule has 15 heavy (non-hydrogen) atoms. The molecule has 1 rings (SSSR count). The zero-order valence-corrected chi connectivity index (χ0v) is 10.1. The SMILES string of the molecule is CCC(C)(C#N)C(=O)N1CCCC1(C)C. The largest absolute Gasteiger partial charge is 0.336 e. The Hall–Kier alpha value is -1.04. The number of amides is 1. The van der Waals surface area contributed by atoms with Gasteiger partial charge in [-0.3, -0.25) is 4.79 Å². The maximum absolute atomic E-state index is 12.2. The third-order valence-electron chi connectivity index (χ3n) is 3.57. The summed E-state index contributed by atoms with van der Waals surface area (Å²) in [6, 6.07) is 2.15. The van der Waals surface area contributed by atoms with Gasteiger partial charge in [0.05, 0.1) is 6.07 Å². The highest BCUT2D eigenvalue weighted by Crippen LogP contribution is 2.33. The van der Waals surface area contributed by atoms with Crippen LogP contribution in [0.15, 0.2) is 0 Å². The van der Waals surface area contributed by atoms with Gasteiger partial charge in [0.15, 0.2) is 0 Å². The van der Waals surface area contributed by atoms with Gasteiger partial charge in [-0.2, -0.15) is 5.26 Å². The van der Waals surface area contributed by atoms with Gasteiger partial charge in [0.2, 0.25) is 5.91 Å². The van der Waals surface area contributed by atoms with Crippen LogP contribution in [0.25, 0.3) is 0 Å². The lowest BCUT2D eigenvalue weighted by atomic mass is 9.86. The van der Waals surface area contributed by atoms with E-state index >= 15 is 0 Å². The van der Waals surface area contributed by atoms with E-state index in [1.807, 2.05) is 11.8 Å². The summed E-state index contributed by atoms with van der Waals surface area (Å²) in [6.45, 7) is 8.58. The van der Waals surface area contributed by atoms with Crippen LogP contribution in [0.1, 0.15) is 47.0 Å². The Labute approximate surface area is 92.1 Å². The molecular weight excluding hydrogens is 188 g/mol. The number of rotatable bonds is 2. The van der Waals surface area contributed by atoms with Crippen molar-refractivity contribution in [3.8, 4) is 6.07 Å².